The van der Waals surface area contributed by atoms with Crippen LogP contribution >= 0.6 is 0 Å². The smallest absolute Gasteiger partial charge is 0.279 e. The summed E-state index contributed by atoms with van der Waals surface area (Å²) in [5.41, 5.74) is 7.00. The van der Waals surface area contributed by atoms with Crippen molar-refractivity contribution < 1.29 is 14.1 Å². The average molecular weight is 279 g/mol. The lowest BCUT2D eigenvalue weighted by Crippen LogP contribution is -2.46. The number of hydrogen-bond acceptors (Lipinski definition) is 3. The van der Waals surface area contributed by atoms with Crippen molar-refractivity contribution in [1.82, 2.24) is 5.32 Å². The van der Waals surface area contributed by atoms with Gasteiger partial charge in [-0.25, -0.2) is 0 Å². The number of hydrogen-bond donors (Lipinski definition) is 3. The van der Waals surface area contributed by atoms with Crippen molar-refractivity contribution in [2.45, 2.75) is 6.42 Å². The number of nitrogens with two attached hydrogens (primary N) is 1. The minimum atomic E-state index is -0.0388. The molecule has 0 heterocycles. The van der Waals surface area contributed by atoms with Gasteiger partial charge in [0.25, 0.3) is 5.91 Å². The number of likely N-dealkylation sites (N-methyl/N-ethyl adjacent to an activating group) is 1. The first-order chi connectivity index (χ1) is 9.43. The molecule has 0 radical (unpaired) electrons. The van der Waals surface area contributed by atoms with Gasteiger partial charge in [-0.05, 0) is 24.3 Å². The summed E-state index contributed by atoms with van der Waals surface area (Å²) >= 11 is 0. The maximum Gasteiger partial charge on any atom is 0.279 e. The quantitative estimate of drug-likeness (QED) is 0.279. The molecule has 0 saturated heterocycles. The van der Waals surface area contributed by atoms with Crippen LogP contribution in [0.4, 0.5) is 11.4 Å². The molecule has 20 heavy (non-hydrogen) atoms. The van der Waals surface area contributed by atoms with Crippen LogP contribution in [0.2, 0.25) is 0 Å². The van der Waals surface area contributed by atoms with Crippen LogP contribution in [0.3, 0.4) is 0 Å². The zero-order chi connectivity index (χ0) is 15.0. The Morgan fingerprint density at radius 1 is 1.30 bits per heavy atom. The molecule has 6 heteroatoms. The van der Waals surface area contributed by atoms with E-state index in [9.17, 15) is 9.59 Å². The van der Waals surface area contributed by atoms with Gasteiger partial charge in [0.15, 0.2) is 6.54 Å². The second-order valence-electron chi connectivity index (χ2n) is 5.41. The monoisotopic (exact) mass is 279 g/mol. The molecule has 0 aromatic heterocycles. The van der Waals surface area contributed by atoms with Gasteiger partial charge < -0.3 is 20.9 Å². The normalized spacial score (nSPS) is 10.9. The molecule has 0 aliphatic rings. The lowest BCUT2D eigenvalue weighted by molar-refractivity contribution is -0.882. The molecule has 0 aliphatic heterocycles. The maximum atomic E-state index is 12.0. The third kappa shape index (κ3) is 6.19. The fraction of sp³-hybridized carbons (Fsp3) is 0.429. The van der Waals surface area contributed by atoms with E-state index in [0.717, 1.165) is 18.7 Å². The minimum absolute atomic E-state index is 0.0388. The second-order valence-corrected chi connectivity index (χ2v) is 5.41. The highest BCUT2D eigenvalue weighted by Gasteiger charge is 2.19. The van der Waals surface area contributed by atoms with Gasteiger partial charge >= 0.3 is 0 Å². The number of anilines is 2. The Morgan fingerprint density at radius 3 is 2.55 bits per heavy atom. The van der Waals surface area contributed by atoms with Crippen molar-refractivity contribution in [3.8, 4) is 0 Å². The summed E-state index contributed by atoms with van der Waals surface area (Å²) in [5.74, 6) is -0.0388. The van der Waals surface area contributed by atoms with Crippen LogP contribution < -0.4 is 16.4 Å². The van der Waals surface area contributed by atoms with Crippen molar-refractivity contribution in [3.05, 3.63) is 24.3 Å². The number of nitrogens with one attached hydrogen (secondary N) is 2. The van der Waals surface area contributed by atoms with E-state index in [1.165, 1.54) is 0 Å². The van der Waals surface area contributed by atoms with Crippen molar-refractivity contribution in [1.29, 1.82) is 0 Å². The Kier molecular flexibility index (Phi) is 5.99. The Morgan fingerprint density at radius 2 is 1.95 bits per heavy atom. The first kappa shape index (κ1) is 16.0. The lowest BCUT2D eigenvalue weighted by atomic mass is 10.3. The molecule has 110 valence electrons. The molecule has 0 spiro atoms. The van der Waals surface area contributed by atoms with E-state index in [0.29, 0.717) is 29.7 Å². The molecule has 1 aromatic rings. The number of benzene rings is 1. The van der Waals surface area contributed by atoms with Gasteiger partial charge in [-0.1, -0.05) is 0 Å². The lowest BCUT2D eigenvalue weighted by Gasteiger charge is -2.29. The minimum Gasteiger partial charge on any atom is -0.399 e. The molecule has 0 aliphatic carbocycles. The first-order valence-electron chi connectivity index (χ1n) is 6.57. The Balaban J connectivity index is 2.39. The van der Waals surface area contributed by atoms with Crippen molar-refractivity contribution >= 4 is 23.7 Å². The van der Waals surface area contributed by atoms with Crippen LogP contribution in [-0.2, 0) is 9.59 Å². The van der Waals surface area contributed by atoms with E-state index in [1.54, 1.807) is 24.3 Å². The summed E-state index contributed by atoms with van der Waals surface area (Å²) in [4.78, 5) is 22.1. The molecule has 6 nitrogen and oxygen atoms in total. The summed E-state index contributed by atoms with van der Waals surface area (Å²) in [6, 6.07) is 7.06. The van der Waals surface area contributed by atoms with Crippen LogP contribution in [0, 0.1) is 0 Å². The molecule has 1 aromatic carbocycles. The first-order valence-corrected chi connectivity index (χ1v) is 6.57. The van der Waals surface area contributed by atoms with Gasteiger partial charge in [0.05, 0.1) is 20.6 Å². The van der Waals surface area contributed by atoms with Gasteiger partial charge in [0.2, 0.25) is 6.41 Å². The van der Waals surface area contributed by atoms with Crippen molar-refractivity contribution in [2.24, 2.45) is 0 Å². The average Bonchev–Trinajstić information content (AvgIpc) is 2.37. The fourth-order valence-electron chi connectivity index (χ4n) is 1.90. The van der Waals surface area contributed by atoms with E-state index in [-0.39, 0.29) is 5.91 Å². The molecule has 0 fully saturated rings. The van der Waals surface area contributed by atoms with Gasteiger partial charge in [0, 0.05) is 24.3 Å². The van der Waals surface area contributed by atoms with Crippen LogP contribution in [0.25, 0.3) is 0 Å². The number of quaternary nitrogens is 1. The third-order valence-electron chi connectivity index (χ3n) is 2.93. The predicted octanol–water partition coefficient (Wildman–Crippen LogP) is 0.420. The highest BCUT2D eigenvalue weighted by molar-refractivity contribution is 5.91. The van der Waals surface area contributed by atoms with Gasteiger partial charge in [-0.3, -0.25) is 9.59 Å². The third-order valence-corrected chi connectivity index (χ3v) is 2.93. The molecular formula is C14H23N4O2+. The fourth-order valence-corrected chi connectivity index (χ4v) is 1.90. The van der Waals surface area contributed by atoms with Crippen molar-refractivity contribution in [2.75, 3.05) is 44.8 Å². The second kappa shape index (κ2) is 7.49. The van der Waals surface area contributed by atoms with Gasteiger partial charge in [-0.2, -0.15) is 0 Å². The van der Waals surface area contributed by atoms with Crippen molar-refractivity contribution in [3.63, 3.8) is 0 Å². The van der Waals surface area contributed by atoms with Crippen LogP contribution in [-0.4, -0.2) is 50.5 Å². The summed E-state index contributed by atoms with van der Waals surface area (Å²) in [7, 11) is 3.98. The number of rotatable bonds is 8. The SMILES string of the molecule is C[N+](C)(CCCNC=O)CC(=O)Nc1ccc(N)cc1. The number of nitrogens with zero attached hydrogens (tertiary/aromatic N) is 1. The predicted molar refractivity (Wildman–Crippen MR) is 80.0 cm³/mol. The van der Waals surface area contributed by atoms with Crippen LogP contribution in [0.5, 0.6) is 0 Å². The molecule has 0 unspecified atom stereocenters. The zero-order valence-electron chi connectivity index (χ0n) is 12.1. The Hall–Kier alpha value is -2.08. The van der Waals surface area contributed by atoms with E-state index >= 15 is 0 Å². The Bertz CT molecular complexity index is 443. The Labute approximate surface area is 119 Å². The summed E-state index contributed by atoms with van der Waals surface area (Å²) in [6.07, 6.45) is 1.52. The number of carbonyl (C=O) groups is 2. The topological polar surface area (TPSA) is 84.2 Å². The number of nitrogen functional groups attached to an aromatic ring is 1. The maximum absolute atomic E-state index is 12.0. The highest BCUT2D eigenvalue weighted by atomic mass is 16.2. The highest BCUT2D eigenvalue weighted by Crippen LogP contribution is 2.10. The number of carbonyl (C=O) groups excluding carboxylic acids is 2. The number of amides is 2. The molecule has 0 atom stereocenters. The molecule has 0 bridgehead atoms. The molecule has 0 saturated carbocycles. The molecule has 2 amide bonds. The van der Waals surface area contributed by atoms with Crippen LogP contribution in [0.1, 0.15) is 6.42 Å². The van der Waals surface area contributed by atoms with E-state index in [4.69, 9.17) is 5.73 Å². The van der Waals surface area contributed by atoms with E-state index < -0.39 is 0 Å². The van der Waals surface area contributed by atoms with Crippen LogP contribution in [0.15, 0.2) is 24.3 Å². The summed E-state index contributed by atoms with van der Waals surface area (Å²) in [5, 5.41) is 5.46. The summed E-state index contributed by atoms with van der Waals surface area (Å²) < 4.78 is 0.571. The molecule has 4 N–H and O–H groups in total. The van der Waals surface area contributed by atoms with E-state index in [1.807, 2.05) is 14.1 Å². The van der Waals surface area contributed by atoms with Gasteiger partial charge in [0.1, 0.15) is 0 Å². The standard InChI is InChI=1S/C14H22N4O2/c1-18(2,9-3-8-16-11-19)10-14(20)17-13-6-4-12(15)5-7-13/h4-7,11H,3,8-10,15H2,1-2H3,(H-,16,17,19,20)/p+1. The molecule has 1 rings (SSSR count). The summed E-state index contributed by atoms with van der Waals surface area (Å²) in [6.45, 7) is 1.83. The van der Waals surface area contributed by atoms with E-state index in [2.05, 4.69) is 10.6 Å². The van der Waals surface area contributed by atoms with Gasteiger partial charge in [-0.15, -0.1) is 0 Å². The largest absolute Gasteiger partial charge is 0.399 e. The molecular weight excluding hydrogens is 256 g/mol. The zero-order valence-corrected chi connectivity index (χ0v) is 12.1.